The van der Waals surface area contributed by atoms with Crippen molar-refractivity contribution in [1.82, 2.24) is 15.0 Å². The predicted octanol–water partition coefficient (Wildman–Crippen LogP) is 5.86. The third-order valence-corrected chi connectivity index (χ3v) is 6.53. The normalized spacial score (nSPS) is 14.6. The molecule has 33 heavy (non-hydrogen) atoms. The first kappa shape index (κ1) is 23.9. The second kappa shape index (κ2) is 11.7. The standard InChI is InChI=1S/C25H31Cl2N5O/c1-2-12-32(25-28-24(33-29-25)20-8-4-3-5-9-20)14-7-6-13-30-15-17-31(18-16-30)23-11-10-21(26)19-22(23)27/h3-5,8-11,19H,2,6-7,12-18H2,1H3. The van der Waals surface area contributed by atoms with E-state index in [9.17, 15) is 0 Å². The SMILES string of the molecule is CCCN(CCCCN1CCN(c2ccc(Cl)cc2Cl)CC1)c1noc(-c2ccccc2)n1. The van der Waals surface area contributed by atoms with Gasteiger partial charge in [-0.3, -0.25) is 4.90 Å². The van der Waals surface area contributed by atoms with Crippen LogP contribution in [0, 0.1) is 0 Å². The number of halogens is 2. The van der Waals surface area contributed by atoms with Crippen molar-refractivity contribution in [2.24, 2.45) is 0 Å². The van der Waals surface area contributed by atoms with Gasteiger partial charge in [0.25, 0.3) is 11.8 Å². The van der Waals surface area contributed by atoms with E-state index in [1.54, 1.807) is 0 Å². The molecule has 0 N–H and O–H groups in total. The van der Waals surface area contributed by atoms with Crippen molar-refractivity contribution < 1.29 is 4.52 Å². The van der Waals surface area contributed by atoms with E-state index in [4.69, 9.17) is 27.7 Å². The molecule has 0 radical (unpaired) electrons. The fraction of sp³-hybridized carbons (Fsp3) is 0.440. The lowest BCUT2D eigenvalue weighted by atomic mass is 10.2. The topological polar surface area (TPSA) is 48.6 Å². The van der Waals surface area contributed by atoms with Crippen molar-refractivity contribution in [1.29, 1.82) is 0 Å². The van der Waals surface area contributed by atoms with Crippen molar-refractivity contribution in [2.45, 2.75) is 26.2 Å². The first-order valence-electron chi connectivity index (χ1n) is 11.7. The minimum absolute atomic E-state index is 0.574. The summed E-state index contributed by atoms with van der Waals surface area (Å²) in [5, 5.41) is 5.64. The summed E-state index contributed by atoms with van der Waals surface area (Å²) in [5.41, 5.74) is 2.03. The molecule has 1 saturated heterocycles. The molecule has 3 aromatic rings. The fourth-order valence-corrected chi connectivity index (χ4v) is 4.74. The summed E-state index contributed by atoms with van der Waals surface area (Å²) in [6.07, 6.45) is 3.29. The Morgan fingerprint density at radius 1 is 0.970 bits per heavy atom. The van der Waals surface area contributed by atoms with E-state index in [1.807, 2.05) is 48.5 Å². The highest BCUT2D eigenvalue weighted by atomic mass is 35.5. The fourth-order valence-electron chi connectivity index (χ4n) is 4.21. The van der Waals surface area contributed by atoms with Crippen LogP contribution in [-0.4, -0.2) is 60.9 Å². The average molecular weight is 488 g/mol. The van der Waals surface area contributed by atoms with Gasteiger partial charge in [0, 0.05) is 49.9 Å². The largest absolute Gasteiger partial charge is 0.368 e. The van der Waals surface area contributed by atoms with Crippen LogP contribution < -0.4 is 9.80 Å². The molecule has 0 spiro atoms. The number of benzene rings is 2. The third-order valence-electron chi connectivity index (χ3n) is 5.99. The molecule has 0 amide bonds. The van der Waals surface area contributed by atoms with Crippen molar-refractivity contribution in [3.63, 3.8) is 0 Å². The number of rotatable bonds is 10. The monoisotopic (exact) mass is 487 g/mol. The Bertz CT molecular complexity index is 1010. The highest BCUT2D eigenvalue weighted by Gasteiger charge is 2.19. The van der Waals surface area contributed by atoms with E-state index in [1.165, 1.54) is 0 Å². The first-order valence-corrected chi connectivity index (χ1v) is 12.5. The molecule has 1 aliphatic heterocycles. The minimum Gasteiger partial charge on any atom is -0.368 e. The third kappa shape index (κ3) is 6.40. The van der Waals surface area contributed by atoms with Crippen LogP contribution >= 0.6 is 23.2 Å². The average Bonchev–Trinajstić information content (AvgIpc) is 3.32. The summed E-state index contributed by atoms with van der Waals surface area (Å²) < 4.78 is 5.51. The summed E-state index contributed by atoms with van der Waals surface area (Å²) in [6, 6.07) is 15.7. The zero-order valence-electron chi connectivity index (χ0n) is 19.1. The number of anilines is 2. The lowest BCUT2D eigenvalue weighted by Gasteiger charge is -2.36. The Hall–Kier alpha value is -2.28. The van der Waals surface area contributed by atoms with Gasteiger partial charge in [0.2, 0.25) is 0 Å². The molecule has 1 fully saturated rings. The number of piperazine rings is 1. The Labute approximate surface area is 206 Å². The van der Waals surface area contributed by atoms with Gasteiger partial charge in [-0.25, -0.2) is 0 Å². The minimum atomic E-state index is 0.574. The molecule has 1 aromatic heterocycles. The number of aromatic nitrogens is 2. The van der Waals surface area contributed by atoms with Gasteiger partial charge in [0.05, 0.1) is 10.7 Å². The van der Waals surface area contributed by atoms with E-state index in [2.05, 4.69) is 31.8 Å². The van der Waals surface area contributed by atoms with Crippen LogP contribution in [0.1, 0.15) is 26.2 Å². The Balaban J connectivity index is 1.22. The van der Waals surface area contributed by atoms with Crippen molar-refractivity contribution >= 4 is 34.8 Å². The Morgan fingerprint density at radius 2 is 1.76 bits per heavy atom. The zero-order chi connectivity index (χ0) is 23.0. The molecule has 0 saturated carbocycles. The molecule has 176 valence electrons. The van der Waals surface area contributed by atoms with E-state index in [0.29, 0.717) is 16.9 Å². The maximum atomic E-state index is 6.38. The summed E-state index contributed by atoms with van der Waals surface area (Å²) in [6.45, 7) is 9.19. The molecule has 2 aromatic carbocycles. The second-order valence-corrected chi connectivity index (χ2v) is 9.23. The lowest BCUT2D eigenvalue weighted by molar-refractivity contribution is 0.253. The van der Waals surface area contributed by atoms with Gasteiger partial charge in [-0.2, -0.15) is 4.98 Å². The van der Waals surface area contributed by atoms with E-state index < -0.39 is 0 Å². The van der Waals surface area contributed by atoms with E-state index >= 15 is 0 Å². The second-order valence-electron chi connectivity index (χ2n) is 8.38. The zero-order valence-corrected chi connectivity index (χ0v) is 20.6. The van der Waals surface area contributed by atoms with E-state index in [-0.39, 0.29) is 0 Å². The quantitative estimate of drug-likeness (QED) is 0.333. The van der Waals surface area contributed by atoms with Crippen LogP contribution in [0.2, 0.25) is 10.0 Å². The van der Waals surface area contributed by atoms with Crippen LogP contribution in [0.3, 0.4) is 0 Å². The van der Waals surface area contributed by atoms with Crippen LogP contribution in [0.4, 0.5) is 11.6 Å². The number of hydrogen-bond donors (Lipinski definition) is 0. The molecule has 2 heterocycles. The van der Waals surface area contributed by atoms with Crippen LogP contribution in [-0.2, 0) is 0 Å². The van der Waals surface area contributed by atoms with Gasteiger partial charge in [-0.15, -0.1) is 0 Å². The number of nitrogens with zero attached hydrogens (tertiary/aromatic N) is 5. The molecule has 0 bridgehead atoms. The van der Waals surface area contributed by atoms with Crippen molar-refractivity contribution in [2.75, 3.05) is 55.6 Å². The van der Waals surface area contributed by atoms with E-state index in [0.717, 1.165) is 81.3 Å². The number of hydrogen-bond acceptors (Lipinski definition) is 6. The van der Waals surface area contributed by atoms with Crippen LogP contribution in [0.5, 0.6) is 0 Å². The van der Waals surface area contributed by atoms with Crippen molar-refractivity contribution in [3.05, 3.63) is 58.6 Å². The molecule has 8 heteroatoms. The summed E-state index contributed by atoms with van der Waals surface area (Å²) in [4.78, 5) is 11.7. The van der Waals surface area contributed by atoms with Gasteiger partial charge >= 0.3 is 0 Å². The smallest absolute Gasteiger partial charge is 0.266 e. The van der Waals surface area contributed by atoms with Gasteiger partial charge in [-0.05, 0) is 61.3 Å². The predicted molar refractivity (Wildman–Crippen MR) is 137 cm³/mol. The van der Waals surface area contributed by atoms with Gasteiger partial charge in [0.1, 0.15) is 0 Å². The summed E-state index contributed by atoms with van der Waals surface area (Å²) >= 11 is 12.4. The van der Waals surface area contributed by atoms with Gasteiger partial charge < -0.3 is 14.3 Å². The van der Waals surface area contributed by atoms with Gasteiger partial charge in [0.15, 0.2) is 0 Å². The highest BCUT2D eigenvalue weighted by Crippen LogP contribution is 2.29. The Morgan fingerprint density at radius 3 is 2.48 bits per heavy atom. The maximum absolute atomic E-state index is 6.38. The highest BCUT2D eigenvalue weighted by molar-refractivity contribution is 6.36. The molecule has 0 unspecified atom stereocenters. The number of unbranched alkanes of at least 4 members (excludes halogenated alkanes) is 1. The van der Waals surface area contributed by atoms with Crippen molar-refractivity contribution in [3.8, 4) is 11.5 Å². The summed E-state index contributed by atoms with van der Waals surface area (Å²) in [7, 11) is 0. The maximum Gasteiger partial charge on any atom is 0.266 e. The molecule has 0 aliphatic carbocycles. The molecular weight excluding hydrogens is 457 g/mol. The molecule has 0 atom stereocenters. The molecule has 6 nitrogen and oxygen atoms in total. The lowest BCUT2D eigenvalue weighted by Crippen LogP contribution is -2.46. The Kier molecular flexibility index (Phi) is 8.48. The first-order chi connectivity index (χ1) is 16.1. The van der Waals surface area contributed by atoms with Crippen LogP contribution in [0.15, 0.2) is 53.1 Å². The van der Waals surface area contributed by atoms with Gasteiger partial charge in [-0.1, -0.05) is 48.3 Å². The molecule has 1 aliphatic rings. The molecular formula is C25H31Cl2N5O. The summed E-state index contributed by atoms with van der Waals surface area (Å²) in [5.74, 6) is 1.26. The van der Waals surface area contributed by atoms with Crippen LogP contribution in [0.25, 0.3) is 11.5 Å². The molecule has 4 rings (SSSR count).